The molecule has 0 unspecified atom stereocenters. The number of hydrogen-bond acceptors (Lipinski definition) is 5. The van der Waals surface area contributed by atoms with Crippen LogP contribution in [0, 0.1) is 0 Å². The normalized spacial score (nSPS) is 9.59. The Balaban J connectivity index is 3.26. The molecule has 90 valence electrons. The molecule has 0 fully saturated rings. The third-order valence-electron chi connectivity index (χ3n) is 1.69. The monoisotopic (exact) mass is 256 g/mol. The summed E-state index contributed by atoms with van der Waals surface area (Å²) >= 11 is 5.36. The fourth-order valence-corrected chi connectivity index (χ4v) is 1.37. The fourth-order valence-electron chi connectivity index (χ4n) is 1.18. The Bertz CT molecular complexity index is 447. The lowest BCUT2D eigenvalue weighted by atomic mass is 10.2. The minimum absolute atomic E-state index is 0.0451. The SMILES string of the molecule is CC(=O)Oc1cccc(OC(C)=O)c1C(=O)Cl. The first-order chi connectivity index (χ1) is 7.91. The van der Waals surface area contributed by atoms with Gasteiger partial charge in [-0.05, 0) is 23.7 Å². The van der Waals surface area contributed by atoms with E-state index in [2.05, 4.69) is 0 Å². The summed E-state index contributed by atoms with van der Waals surface area (Å²) in [5.41, 5.74) is -0.153. The standard InChI is InChI=1S/C11H9ClO5/c1-6(13)16-8-4-3-5-9(17-7(2)14)10(8)11(12)15/h3-5H,1-2H3. The first-order valence-electron chi connectivity index (χ1n) is 4.61. The quantitative estimate of drug-likeness (QED) is 0.469. The van der Waals surface area contributed by atoms with Crippen LogP contribution in [0.5, 0.6) is 11.5 Å². The van der Waals surface area contributed by atoms with E-state index in [-0.39, 0.29) is 17.1 Å². The first-order valence-corrected chi connectivity index (χ1v) is 4.99. The van der Waals surface area contributed by atoms with Crippen LogP contribution in [0.2, 0.25) is 0 Å². The molecule has 0 aromatic heterocycles. The number of carbonyl (C=O) groups is 3. The highest BCUT2D eigenvalue weighted by molar-refractivity contribution is 6.68. The second kappa shape index (κ2) is 5.45. The van der Waals surface area contributed by atoms with Gasteiger partial charge >= 0.3 is 11.9 Å². The van der Waals surface area contributed by atoms with Crippen molar-refractivity contribution in [3.8, 4) is 11.5 Å². The second-order valence-electron chi connectivity index (χ2n) is 3.09. The van der Waals surface area contributed by atoms with Crippen molar-refractivity contribution in [1.29, 1.82) is 0 Å². The molecule has 0 atom stereocenters. The van der Waals surface area contributed by atoms with E-state index < -0.39 is 17.2 Å². The summed E-state index contributed by atoms with van der Waals surface area (Å²) < 4.78 is 9.59. The van der Waals surface area contributed by atoms with Crippen molar-refractivity contribution in [1.82, 2.24) is 0 Å². The van der Waals surface area contributed by atoms with Crippen LogP contribution in [0.3, 0.4) is 0 Å². The van der Waals surface area contributed by atoms with Crippen molar-refractivity contribution in [2.24, 2.45) is 0 Å². The third kappa shape index (κ3) is 3.57. The number of hydrogen-bond donors (Lipinski definition) is 0. The van der Waals surface area contributed by atoms with E-state index in [0.29, 0.717) is 0 Å². The average Bonchev–Trinajstić information content (AvgIpc) is 2.14. The van der Waals surface area contributed by atoms with Gasteiger partial charge in [0.15, 0.2) is 0 Å². The van der Waals surface area contributed by atoms with Gasteiger partial charge in [0.25, 0.3) is 5.24 Å². The predicted octanol–water partition coefficient (Wildman–Crippen LogP) is 1.92. The van der Waals surface area contributed by atoms with Gasteiger partial charge in [0, 0.05) is 13.8 Å². The van der Waals surface area contributed by atoms with E-state index in [4.69, 9.17) is 21.1 Å². The van der Waals surface area contributed by atoms with Crippen molar-refractivity contribution in [3.63, 3.8) is 0 Å². The third-order valence-corrected chi connectivity index (χ3v) is 1.88. The van der Waals surface area contributed by atoms with Gasteiger partial charge in [-0.1, -0.05) is 6.07 Å². The molecule has 0 saturated heterocycles. The lowest BCUT2D eigenvalue weighted by molar-refractivity contribution is -0.132. The molecule has 17 heavy (non-hydrogen) atoms. The largest absolute Gasteiger partial charge is 0.426 e. The van der Waals surface area contributed by atoms with E-state index >= 15 is 0 Å². The number of ether oxygens (including phenoxy) is 2. The number of rotatable bonds is 3. The summed E-state index contributed by atoms with van der Waals surface area (Å²) in [6.07, 6.45) is 0. The van der Waals surface area contributed by atoms with Crippen molar-refractivity contribution >= 4 is 28.8 Å². The van der Waals surface area contributed by atoms with E-state index in [1.165, 1.54) is 32.0 Å². The molecule has 1 aromatic carbocycles. The zero-order valence-corrected chi connectivity index (χ0v) is 9.91. The maximum absolute atomic E-state index is 11.2. The predicted molar refractivity (Wildman–Crippen MR) is 59.2 cm³/mol. The van der Waals surface area contributed by atoms with Gasteiger partial charge in [0.05, 0.1) is 0 Å². The van der Waals surface area contributed by atoms with Crippen LogP contribution in [-0.4, -0.2) is 17.2 Å². The summed E-state index contributed by atoms with van der Waals surface area (Å²) in [6, 6.07) is 4.23. The second-order valence-corrected chi connectivity index (χ2v) is 3.43. The first kappa shape index (κ1) is 13.2. The highest BCUT2D eigenvalue weighted by atomic mass is 35.5. The summed E-state index contributed by atoms with van der Waals surface area (Å²) in [5.74, 6) is -1.30. The van der Waals surface area contributed by atoms with Crippen LogP contribution in [0.25, 0.3) is 0 Å². The summed E-state index contributed by atoms with van der Waals surface area (Å²) in [6.45, 7) is 2.36. The van der Waals surface area contributed by atoms with Crippen LogP contribution in [0.4, 0.5) is 0 Å². The number of benzene rings is 1. The van der Waals surface area contributed by atoms with E-state index in [1.807, 2.05) is 0 Å². The maximum atomic E-state index is 11.2. The molecule has 1 aromatic rings. The molecule has 1 rings (SSSR count). The van der Waals surface area contributed by atoms with Crippen molar-refractivity contribution in [2.45, 2.75) is 13.8 Å². The maximum Gasteiger partial charge on any atom is 0.308 e. The highest BCUT2D eigenvalue weighted by Gasteiger charge is 2.19. The molecular formula is C11H9ClO5. The molecule has 6 heteroatoms. The topological polar surface area (TPSA) is 69.7 Å². The van der Waals surface area contributed by atoms with Gasteiger partial charge in [0.2, 0.25) is 0 Å². The van der Waals surface area contributed by atoms with Crippen LogP contribution >= 0.6 is 11.6 Å². The molecule has 5 nitrogen and oxygen atoms in total. The molecule has 0 radical (unpaired) electrons. The van der Waals surface area contributed by atoms with Crippen LogP contribution in [0.1, 0.15) is 24.2 Å². The Morgan fingerprint density at radius 3 is 1.71 bits per heavy atom. The molecule has 0 spiro atoms. The molecule has 0 bridgehead atoms. The molecule has 0 heterocycles. The van der Waals surface area contributed by atoms with Gasteiger partial charge in [-0.2, -0.15) is 0 Å². The lowest BCUT2D eigenvalue weighted by Crippen LogP contribution is -2.09. The van der Waals surface area contributed by atoms with Crippen LogP contribution in [-0.2, 0) is 9.59 Å². The molecule has 0 saturated carbocycles. The fraction of sp³-hybridized carbons (Fsp3) is 0.182. The molecular weight excluding hydrogens is 248 g/mol. The Morgan fingerprint density at radius 2 is 1.41 bits per heavy atom. The molecule has 0 N–H and O–H groups in total. The Hall–Kier alpha value is -1.88. The number of halogens is 1. The smallest absolute Gasteiger partial charge is 0.308 e. The van der Waals surface area contributed by atoms with Crippen LogP contribution < -0.4 is 9.47 Å². The van der Waals surface area contributed by atoms with Crippen molar-refractivity contribution < 1.29 is 23.9 Å². The van der Waals surface area contributed by atoms with E-state index in [9.17, 15) is 14.4 Å². The average molecular weight is 257 g/mol. The van der Waals surface area contributed by atoms with Gasteiger partial charge in [-0.3, -0.25) is 14.4 Å². The molecule has 0 amide bonds. The van der Waals surface area contributed by atoms with Gasteiger partial charge in [-0.15, -0.1) is 0 Å². The molecule has 0 aliphatic rings. The van der Waals surface area contributed by atoms with Gasteiger partial charge in [-0.25, -0.2) is 0 Å². The molecule has 0 aliphatic carbocycles. The van der Waals surface area contributed by atoms with E-state index in [1.54, 1.807) is 0 Å². The minimum Gasteiger partial charge on any atom is -0.426 e. The van der Waals surface area contributed by atoms with Crippen molar-refractivity contribution in [2.75, 3.05) is 0 Å². The van der Waals surface area contributed by atoms with Crippen molar-refractivity contribution in [3.05, 3.63) is 23.8 Å². The van der Waals surface area contributed by atoms with E-state index in [0.717, 1.165) is 0 Å². The summed E-state index contributed by atoms with van der Waals surface area (Å²) in [4.78, 5) is 32.9. The zero-order valence-electron chi connectivity index (χ0n) is 9.15. The Labute approximate surface area is 102 Å². The van der Waals surface area contributed by atoms with Gasteiger partial charge < -0.3 is 9.47 Å². The summed E-state index contributed by atoms with van der Waals surface area (Å²) in [7, 11) is 0. The Kier molecular flexibility index (Phi) is 4.23. The minimum atomic E-state index is -0.877. The number of carbonyl (C=O) groups excluding carboxylic acids is 3. The highest BCUT2D eigenvalue weighted by Crippen LogP contribution is 2.30. The van der Waals surface area contributed by atoms with Crippen LogP contribution in [0.15, 0.2) is 18.2 Å². The summed E-state index contributed by atoms with van der Waals surface area (Å²) in [5, 5.41) is -0.877. The number of esters is 2. The van der Waals surface area contributed by atoms with Gasteiger partial charge in [0.1, 0.15) is 17.1 Å². The lowest BCUT2D eigenvalue weighted by Gasteiger charge is -2.09. The molecule has 0 aliphatic heterocycles. The zero-order chi connectivity index (χ0) is 13.0. The Morgan fingerprint density at radius 1 is 1.00 bits per heavy atom.